The van der Waals surface area contributed by atoms with Crippen LogP contribution in [0, 0.1) is 0 Å². The summed E-state index contributed by atoms with van der Waals surface area (Å²) in [4.78, 5) is 25.8. The second-order valence-electron chi connectivity index (χ2n) is 5.61. The second-order valence-corrected chi connectivity index (χ2v) is 5.99. The van der Waals surface area contributed by atoms with Crippen molar-refractivity contribution in [3.05, 3.63) is 23.8 Å². The second kappa shape index (κ2) is 9.36. The SMILES string of the molecule is COc1ccc(C(=O)NC2CCN(C(=O)OCCCl)CC2)cc1OC. The minimum absolute atomic E-state index is 0.0117. The zero-order valence-corrected chi connectivity index (χ0v) is 15.2. The number of hydrogen-bond acceptors (Lipinski definition) is 5. The molecule has 0 spiro atoms. The quantitative estimate of drug-likeness (QED) is 0.777. The van der Waals surface area contributed by atoms with Crippen LogP contribution in [0.5, 0.6) is 11.5 Å². The molecule has 1 aromatic rings. The van der Waals surface area contributed by atoms with Crippen molar-refractivity contribution in [3.8, 4) is 11.5 Å². The summed E-state index contributed by atoms with van der Waals surface area (Å²) in [6.45, 7) is 1.28. The molecule has 25 heavy (non-hydrogen) atoms. The highest BCUT2D eigenvalue weighted by atomic mass is 35.5. The van der Waals surface area contributed by atoms with E-state index < -0.39 is 0 Å². The number of carbonyl (C=O) groups is 2. The largest absolute Gasteiger partial charge is 0.493 e. The van der Waals surface area contributed by atoms with Crippen LogP contribution < -0.4 is 14.8 Å². The van der Waals surface area contributed by atoms with Gasteiger partial charge in [0.1, 0.15) is 6.61 Å². The summed E-state index contributed by atoms with van der Waals surface area (Å²) in [5.41, 5.74) is 0.501. The number of amides is 2. The molecule has 138 valence electrons. The monoisotopic (exact) mass is 370 g/mol. The molecule has 2 rings (SSSR count). The maximum absolute atomic E-state index is 12.4. The normalized spacial score (nSPS) is 14.8. The lowest BCUT2D eigenvalue weighted by Gasteiger charge is -2.31. The first kappa shape index (κ1) is 19.2. The number of methoxy groups -OCH3 is 2. The molecule has 0 bridgehead atoms. The molecule has 2 amide bonds. The molecular weight excluding hydrogens is 348 g/mol. The third-order valence-corrected chi connectivity index (χ3v) is 4.19. The van der Waals surface area contributed by atoms with E-state index in [-0.39, 0.29) is 30.5 Å². The van der Waals surface area contributed by atoms with Crippen molar-refractivity contribution in [2.45, 2.75) is 18.9 Å². The van der Waals surface area contributed by atoms with E-state index >= 15 is 0 Å². The molecule has 1 heterocycles. The van der Waals surface area contributed by atoms with Crippen LogP contribution in [0.1, 0.15) is 23.2 Å². The predicted molar refractivity (Wildman–Crippen MR) is 93.7 cm³/mol. The van der Waals surface area contributed by atoms with Crippen molar-refractivity contribution in [2.24, 2.45) is 0 Å². The van der Waals surface area contributed by atoms with Crippen molar-refractivity contribution in [2.75, 3.05) is 39.8 Å². The molecule has 0 unspecified atom stereocenters. The van der Waals surface area contributed by atoms with Crippen molar-refractivity contribution >= 4 is 23.6 Å². The summed E-state index contributed by atoms with van der Waals surface area (Å²) >= 11 is 5.50. The van der Waals surface area contributed by atoms with E-state index in [2.05, 4.69) is 5.32 Å². The number of carbonyl (C=O) groups excluding carboxylic acids is 2. The Morgan fingerprint density at radius 2 is 1.88 bits per heavy atom. The summed E-state index contributed by atoms with van der Waals surface area (Å²) in [5.74, 6) is 1.18. The van der Waals surface area contributed by atoms with Crippen LogP contribution in [0.25, 0.3) is 0 Å². The number of alkyl halides is 1. The van der Waals surface area contributed by atoms with Crippen molar-refractivity contribution in [1.82, 2.24) is 10.2 Å². The predicted octanol–water partition coefficient (Wildman–Crippen LogP) is 2.27. The molecule has 1 aromatic carbocycles. The molecule has 0 aliphatic carbocycles. The van der Waals surface area contributed by atoms with E-state index in [1.165, 1.54) is 7.11 Å². The molecule has 0 atom stereocenters. The third-order valence-electron chi connectivity index (χ3n) is 4.04. The maximum Gasteiger partial charge on any atom is 0.409 e. The van der Waals surface area contributed by atoms with Gasteiger partial charge in [0.2, 0.25) is 0 Å². The van der Waals surface area contributed by atoms with E-state index in [1.54, 1.807) is 30.2 Å². The number of ether oxygens (including phenoxy) is 3. The zero-order valence-electron chi connectivity index (χ0n) is 14.4. The van der Waals surface area contributed by atoms with Crippen LogP contribution in [0.4, 0.5) is 4.79 Å². The summed E-state index contributed by atoms with van der Waals surface area (Å²) in [7, 11) is 3.07. The van der Waals surface area contributed by atoms with Gasteiger partial charge in [-0.05, 0) is 31.0 Å². The lowest BCUT2D eigenvalue weighted by molar-refractivity contribution is 0.0861. The van der Waals surface area contributed by atoms with Gasteiger partial charge < -0.3 is 24.4 Å². The lowest BCUT2D eigenvalue weighted by Crippen LogP contribution is -2.46. The Hall–Kier alpha value is -2.15. The van der Waals surface area contributed by atoms with Crippen LogP contribution >= 0.6 is 11.6 Å². The van der Waals surface area contributed by atoms with Crippen LogP contribution in [0.15, 0.2) is 18.2 Å². The van der Waals surface area contributed by atoms with E-state index in [0.717, 1.165) is 0 Å². The van der Waals surface area contributed by atoms with Gasteiger partial charge >= 0.3 is 6.09 Å². The van der Waals surface area contributed by atoms with E-state index in [0.29, 0.717) is 43.0 Å². The van der Waals surface area contributed by atoms with E-state index in [4.69, 9.17) is 25.8 Å². The zero-order chi connectivity index (χ0) is 18.2. The van der Waals surface area contributed by atoms with Gasteiger partial charge in [-0.2, -0.15) is 0 Å². The highest BCUT2D eigenvalue weighted by Gasteiger charge is 2.25. The Morgan fingerprint density at radius 3 is 2.48 bits per heavy atom. The topological polar surface area (TPSA) is 77.1 Å². The Labute approximate surface area is 152 Å². The Kier molecular flexibility index (Phi) is 7.18. The summed E-state index contributed by atoms with van der Waals surface area (Å²) < 4.78 is 15.4. The van der Waals surface area contributed by atoms with Gasteiger partial charge in [-0.25, -0.2) is 4.79 Å². The highest BCUT2D eigenvalue weighted by Crippen LogP contribution is 2.27. The van der Waals surface area contributed by atoms with Gasteiger partial charge in [-0.1, -0.05) is 0 Å². The molecule has 1 fully saturated rings. The first-order chi connectivity index (χ1) is 12.1. The van der Waals surface area contributed by atoms with E-state index in [9.17, 15) is 9.59 Å². The molecule has 1 aliphatic heterocycles. The van der Waals surface area contributed by atoms with Gasteiger partial charge in [0.15, 0.2) is 11.5 Å². The number of benzene rings is 1. The fourth-order valence-corrected chi connectivity index (χ4v) is 2.75. The molecule has 0 radical (unpaired) electrons. The Bertz CT molecular complexity index is 603. The standard InChI is InChI=1S/C17H23ClN2O5/c1-23-14-4-3-12(11-15(14)24-2)16(21)19-13-5-8-20(9-6-13)17(22)25-10-7-18/h3-4,11,13H,5-10H2,1-2H3,(H,19,21). The molecule has 8 heteroatoms. The number of halogens is 1. The smallest absolute Gasteiger partial charge is 0.409 e. The maximum atomic E-state index is 12.4. The van der Waals surface area contributed by atoms with Crippen LogP contribution in [0.2, 0.25) is 0 Å². The number of likely N-dealkylation sites (tertiary alicyclic amines) is 1. The van der Waals surface area contributed by atoms with Crippen molar-refractivity contribution in [1.29, 1.82) is 0 Å². The van der Waals surface area contributed by atoms with Gasteiger partial charge in [0.25, 0.3) is 5.91 Å². The van der Waals surface area contributed by atoms with Gasteiger partial charge in [0.05, 0.1) is 20.1 Å². The molecule has 1 aliphatic rings. The summed E-state index contributed by atoms with van der Waals surface area (Å²) in [6.07, 6.45) is 0.995. The number of nitrogens with zero attached hydrogens (tertiary/aromatic N) is 1. The number of nitrogens with one attached hydrogen (secondary N) is 1. The van der Waals surface area contributed by atoms with Crippen molar-refractivity contribution < 1.29 is 23.8 Å². The number of hydrogen-bond donors (Lipinski definition) is 1. The van der Waals surface area contributed by atoms with Crippen molar-refractivity contribution in [3.63, 3.8) is 0 Å². The Balaban J connectivity index is 1.87. The molecule has 1 N–H and O–H groups in total. The van der Waals surface area contributed by atoms with Crippen LogP contribution in [-0.4, -0.2) is 62.7 Å². The van der Waals surface area contributed by atoms with Crippen LogP contribution in [-0.2, 0) is 4.74 Å². The minimum Gasteiger partial charge on any atom is -0.493 e. The minimum atomic E-state index is -0.356. The van der Waals surface area contributed by atoms with Gasteiger partial charge in [-0.15, -0.1) is 11.6 Å². The molecule has 0 aromatic heterocycles. The molecular formula is C17H23ClN2O5. The fraction of sp³-hybridized carbons (Fsp3) is 0.529. The molecule has 0 saturated carbocycles. The van der Waals surface area contributed by atoms with Crippen LogP contribution in [0.3, 0.4) is 0 Å². The first-order valence-electron chi connectivity index (χ1n) is 8.09. The average molecular weight is 371 g/mol. The summed E-state index contributed by atoms with van der Waals surface area (Å²) in [6, 6.07) is 5.04. The Morgan fingerprint density at radius 1 is 1.20 bits per heavy atom. The highest BCUT2D eigenvalue weighted by molar-refractivity contribution is 6.18. The lowest BCUT2D eigenvalue weighted by atomic mass is 10.0. The van der Waals surface area contributed by atoms with Gasteiger partial charge in [0, 0.05) is 24.7 Å². The molecule has 7 nitrogen and oxygen atoms in total. The van der Waals surface area contributed by atoms with Gasteiger partial charge in [-0.3, -0.25) is 4.79 Å². The van der Waals surface area contributed by atoms with E-state index in [1.807, 2.05) is 0 Å². The number of rotatable bonds is 6. The number of piperidine rings is 1. The average Bonchev–Trinajstić information content (AvgIpc) is 2.65. The molecule has 1 saturated heterocycles. The third kappa shape index (κ3) is 5.16. The summed E-state index contributed by atoms with van der Waals surface area (Å²) in [5, 5.41) is 2.99. The first-order valence-corrected chi connectivity index (χ1v) is 8.63. The fourth-order valence-electron chi connectivity index (χ4n) is 2.67.